The van der Waals surface area contributed by atoms with Crippen molar-refractivity contribution in [1.29, 1.82) is 0 Å². The van der Waals surface area contributed by atoms with Crippen molar-refractivity contribution in [3.05, 3.63) is 57.6 Å². The highest BCUT2D eigenvalue weighted by atomic mass is 35.5. The molecule has 0 unspecified atom stereocenters. The van der Waals surface area contributed by atoms with Crippen LogP contribution >= 0.6 is 23.2 Å². The maximum atomic E-state index is 12.6. The molecule has 28 heavy (non-hydrogen) atoms. The van der Waals surface area contributed by atoms with Gasteiger partial charge in [-0.2, -0.15) is 0 Å². The fourth-order valence-electron chi connectivity index (χ4n) is 2.71. The normalized spacial score (nSPS) is 11.0. The number of hydrogen-bond donors (Lipinski definition) is 2. The first kappa shape index (κ1) is 21.9. The molecule has 3 N–H and O–H groups in total. The summed E-state index contributed by atoms with van der Waals surface area (Å²) in [5, 5.41) is 3.98. The molecule has 0 aliphatic carbocycles. The van der Waals surface area contributed by atoms with Gasteiger partial charge >= 0.3 is 0 Å². The lowest BCUT2D eigenvalue weighted by molar-refractivity contribution is -0.119. The van der Waals surface area contributed by atoms with Gasteiger partial charge in [-0.25, -0.2) is 0 Å². The maximum Gasteiger partial charge on any atom is 0.255 e. The zero-order chi connectivity index (χ0) is 20.9. The Morgan fingerprint density at radius 2 is 1.75 bits per heavy atom. The number of benzene rings is 2. The van der Waals surface area contributed by atoms with Gasteiger partial charge in [-0.15, -0.1) is 0 Å². The Morgan fingerprint density at radius 1 is 1.11 bits per heavy atom. The van der Waals surface area contributed by atoms with Crippen molar-refractivity contribution in [1.82, 2.24) is 5.32 Å². The molecule has 0 spiro atoms. The van der Waals surface area contributed by atoms with Crippen molar-refractivity contribution in [3.8, 4) is 11.5 Å². The van der Waals surface area contributed by atoms with Gasteiger partial charge in [0.1, 0.15) is 0 Å². The number of halogens is 2. The molecule has 0 radical (unpaired) electrons. The van der Waals surface area contributed by atoms with Crippen LogP contribution in [0.2, 0.25) is 10.0 Å². The molecule has 0 fully saturated rings. The Hall–Kier alpha value is -2.44. The molecule has 0 atom stereocenters. The van der Waals surface area contributed by atoms with Gasteiger partial charge in [0.2, 0.25) is 0 Å². The van der Waals surface area contributed by atoms with Crippen molar-refractivity contribution in [2.24, 2.45) is 5.73 Å². The average molecular weight is 425 g/mol. The van der Waals surface area contributed by atoms with Gasteiger partial charge in [0.25, 0.3) is 11.8 Å². The van der Waals surface area contributed by atoms with Crippen LogP contribution in [0.4, 0.5) is 0 Å². The molecule has 150 valence electrons. The van der Waals surface area contributed by atoms with Gasteiger partial charge in [-0.3, -0.25) is 9.59 Å². The first-order valence-corrected chi connectivity index (χ1v) is 9.23. The quantitative estimate of drug-likeness (QED) is 0.677. The fourth-order valence-corrected chi connectivity index (χ4v) is 3.62. The summed E-state index contributed by atoms with van der Waals surface area (Å²) >= 11 is 12.6. The second kappa shape index (κ2) is 9.17. The lowest BCUT2D eigenvalue weighted by Gasteiger charge is -2.27. The van der Waals surface area contributed by atoms with E-state index in [1.807, 2.05) is 13.8 Å². The van der Waals surface area contributed by atoms with Crippen LogP contribution in [0.1, 0.15) is 29.8 Å². The van der Waals surface area contributed by atoms with Gasteiger partial charge in [-0.1, -0.05) is 43.1 Å². The molecule has 8 heteroatoms. The summed E-state index contributed by atoms with van der Waals surface area (Å²) in [4.78, 5) is 23.5. The number of nitrogens with one attached hydrogen (secondary N) is 1. The van der Waals surface area contributed by atoms with E-state index < -0.39 is 11.3 Å². The molecule has 0 aromatic heterocycles. The smallest absolute Gasteiger partial charge is 0.255 e. The largest absolute Gasteiger partial charge is 0.493 e. The summed E-state index contributed by atoms with van der Waals surface area (Å²) in [6, 6.07) is 9.96. The summed E-state index contributed by atoms with van der Waals surface area (Å²) in [6.07, 6.45) is 0. The summed E-state index contributed by atoms with van der Waals surface area (Å²) < 4.78 is 10.5. The summed E-state index contributed by atoms with van der Waals surface area (Å²) in [5.41, 5.74) is 5.73. The van der Waals surface area contributed by atoms with Crippen molar-refractivity contribution < 1.29 is 19.1 Å². The van der Waals surface area contributed by atoms with Crippen LogP contribution in [-0.2, 0) is 10.2 Å². The first-order valence-electron chi connectivity index (χ1n) is 8.47. The second-order valence-electron chi connectivity index (χ2n) is 6.78. The van der Waals surface area contributed by atoms with E-state index >= 15 is 0 Å². The molecular formula is C20H22Cl2N2O4. The van der Waals surface area contributed by atoms with Crippen LogP contribution in [0.5, 0.6) is 11.5 Å². The average Bonchev–Trinajstić information content (AvgIpc) is 2.64. The predicted octanol–water partition coefficient (Wildman–Crippen LogP) is 3.57. The predicted molar refractivity (Wildman–Crippen MR) is 110 cm³/mol. The number of amides is 2. The third-order valence-corrected chi connectivity index (χ3v) is 4.76. The van der Waals surface area contributed by atoms with Crippen molar-refractivity contribution in [2.45, 2.75) is 19.3 Å². The lowest BCUT2D eigenvalue weighted by atomic mass is 9.84. The van der Waals surface area contributed by atoms with Crippen LogP contribution in [0.3, 0.4) is 0 Å². The van der Waals surface area contributed by atoms with E-state index in [0.29, 0.717) is 33.7 Å². The van der Waals surface area contributed by atoms with Crippen LogP contribution in [0, 0.1) is 0 Å². The van der Waals surface area contributed by atoms with Crippen LogP contribution in [0.25, 0.3) is 0 Å². The van der Waals surface area contributed by atoms with Gasteiger partial charge in [-0.05, 0) is 35.9 Å². The zero-order valence-electron chi connectivity index (χ0n) is 15.8. The standard InChI is InChI=1S/C20H22Cl2N2O4/c1-20(2,18-13(21)5-4-6-14(18)22)11-24-19(26)12-7-8-15(16(9-12)27-3)28-10-17(23)25/h4-9H,10-11H2,1-3H3,(H2,23,25)(H,24,26). The van der Waals surface area contributed by atoms with E-state index in [0.717, 1.165) is 5.56 Å². The van der Waals surface area contributed by atoms with Crippen molar-refractivity contribution >= 4 is 35.0 Å². The minimum atomic E-state index is -0.607. The van der Waals surface area contributed by atoms with Crippen LogP contribution < -0.4 is 20.5 Å². The molecule has 0 heterocycles. The van der Waals surface area contributed by atoms with E-state index in [-0.39, 0.29) is 12.5 Å². The molecular weight excluding hydrogens is 403 g/mol. The minimum absolute atomic E-state index is 0.283. The van der Waals surface area contributed by atoms with E-state index in [2.05, 4.69) is 5.32 Å². The number of carbonyl (C=O) groups excluding carboxylic acids is 2. The topological polar surface area (TPSA) is 90.7 Å². The Labute approximate surface area is 173 Å². The maximum absolute atomic E-state index is 12.6. The third-order valence-electron chi connectivity index (χ3n) is 4.13. The van der Waals surface area contributed by atoms with Crippen molar-refractivity contribution in [2.75, 3.05) is 20.3 Å². The molecule has 0 bridgehead atoms. The van der Waals surface area contributed by atoms with E-state index in [4.69, 9.17) is 38.4 Å². The molecule has 0 saturated carbocycles. The number of methoxy groups -OCH3 is 1. The van der Waals surface area contributed by atoms with E-state index in [1.165, 1.54) is 13.2 Å². The van der Waals surface area contributed by atoms with Crippen LogP contribution in [0.15, 0.2) is 36.4 Å². The zero-order valence-corrected chi connectivity index (χ0v) is 17.4. The highest BCUT2D eigenvalue weighted by molar-refractivity contribution is 6.36. The molecule has 2 rings (SSSR count). The number of nitrogens with two attached hydrogens (primary N) is 1. The highest BCUT2D eigenvalue weighted by Gasteiger charge is 2.27. The molecule has 6 nitrogen and oxygen atoms in total. The van der Waals surface area contributed by atoms with E-state index in [1.54, 1.807) is 30.3 Å². The fraction of sp³-hybridized carbons (Fsp3) is 0.300. The SMILES string of the molecule is COc1cc(C(=O)NCC(C)(C)c2c(Cl)cccc2Cl)ccc1OCC(N)=O. The summed E-state index contributed by atoms with van der Waals surface area (Å²) in [5.74, 6) is -0.260. The second-order valence-corrected chi connectivity index (χ2v) is 7.60. The Morgan fingerprint density at radius 3 is 2.32 bits per heavy atom. The number of rotatable bonds is 8. The third kappa shape index (κ3) is 5.30. The molecule has 2 aromatic rings. The summed E-state index contributed by atoms with van der Waals surface area (Å²) in [7, 11) is 1.44. The minimum Gasteiger partial charge on any atom is -0.493 e. The molecule has 0 aliphatic rings. The van der Waals surface area contributed by atoms with E-state index in [9.17, 15) is 9.59 Å². The van der Waals surface area contributed by atoms with Crippen LogP contribution in [-0.4, -0.2) is 32.1 Å². The number of primary amides is 1. The Balaban J connectivity index is 2.13. The highest BCUT2D eigenvalue weighted by Crippen LogP contribution is 2.35. The Kier molecular flexibility index (Phi) is 7.16. The first-order chi connectivity index (χ1) is 13.2. The Bertz CT molecular complexity index is 864. The molecule has 0 saturated heterocycles. The number of hydrogen-bond acceptors (Lipinski definition) is 4. The monoisotopic (exact) mass is 424 g/mol. The van der Waals surface area contributed by atoms with Gasteiger partial charge in [0.05, 0.1) is 7.11 Å². The summed E-state index contributed by atoms with van der Waals surface area (Å²) in [6.45, 7) is 3.93. The number of carbonyl (C=O) groups is 2. The number of ether oxygens (including phenoxy) is 2. The van der Waals surface area contributed by atoms with Crippen molar-refractivity contribution in [3.63, 3.8) is 0 Å². The lowest BCUT2D eigenvalue weighted by Crippen LogP contribution is -2.37. The van der Waals surface area contributed by atoms with Gasteiger partial charge in [0.15, 0.2) is 18.1 Å². The van der Waals surface area contributed by atoms with Gasteiger partial charge in [0, 0.05) is 27.6 Å². The molecule has 2 aromatic carbocycles. The van der Waals surface area contributed by atoms with Gasteiger partial charge < -0.3 is 20.5 Å². The molecule has 0 aliphatic heterocycles. The molecule has 2 amide bonds.